The van der Waals surface area contributed by atoms with Gasteiger partial charge in [-0.25, -0.2) is 0 Å². The van der Waals surface area contributed by atoms with Crippen molar-refractivity contribution in [2.24, 2.45) is 5.92 Å². The molecule has 0 heterocycles. The smallest absolute Gasteiger partial charge is 0.423 e. The zero-order valence-corrected chi connectivity index (χ0v) is 10.6. The molecule has 19 heavy (non-hydrogen) atoms. The van der Waals surface area contributed by atoms with Gasteiger partial charge < -0.3 is 10.0 Å². The lowest BCUT2D eigenvalue weighted by atomic mass is 9.76. The highest BCUT2D eigenvalue weighted by atomic mass is 19.3. The molecule has 0 aliphatic heterocycles. The lowest BCUT2D eigenvalue weighted by Gasteiger charge is -2.27. The minimum atomic E-state index is -1.58. The Kier molecular flexibility index (Phi) is 4.72. The lowest BCUT2D eigenvalue weighted by molar-refractivity contribution is 0.351. The summed E-state index contributed by atoms with van der Waals surface area (Å²) >= 11 is 0. The summed E-state index contributed by atoms with van der Waals surface area (Å²) < 4.78 is 24.3. The van der Waals surface area contributed by atoms with Crippen LogP contribution in [0.5, 0.6) is 0 Å². The monoisotopic (exact) mass is 266 g/mol. The van der Waals surface area contributed by atoms with Crippen LogP contribution >= 0.6 is 0 Å². The minimum Gasteiger partial charge on any atom is -0.423 e. The number of halogens is 2. The van der Waals surface area contributed by atoms with Crippen LogP contribution in [0.25, 0.3) is 0 Å². The zero-order valence-electron chi connectivity index (χ0n) is 10.6. The second-order valence-electron chi connectivity index (χ2n) is 5.11. The molecule has 1 aliphatic carbocycles. The van der Waals surface area contributed by atoms with E-state index in [1.807, 2.05) is 12.1 Å². The van der Waals surface area contributed by atoms with Gasteiger partial charge in [0.25, 0.3) is 6.08 Å². The molecule has 0 amide bonds. The highest BCUT2D eigenvalue weighted by Gasteiger charge is 2.22. The second kappa shape index (κ2) is 6.30. The molecule has 2 rings (SSSR count). The van der Waals surface area contributed by atoms with Gasteiger partial charge in [0, 0.05) is 0 Å². The Morgan fingerprint density at radius 1 is 1.05 bits per heavy atom. The first-order valence-electron chi connectivity index (χ1n) is 6.55. The first-order valence-corrected chi connectivity index (χ1v) is 6.55. The third kappa shape index (κ3) is 3.88. The van der Waals surface area contributed by atoms with Crippen molar-refractivity contribution >= 4 is 12.6 Å². The highest BCUT2D eigenvalue weighted by molar-refractivity contribution is 6.58. The van der Waals surface area contributed by atoms with Gasteiger partial charge in [-0.05, 0) is 54.6 Å². The maximum atomic E-state index is 12.2. The Balaban J connectivity index is 1.96. The summed E-state index contributed by atoms with van der Waals surface area (Å²) in [6.07, 6.45) is 2.86. The molecule has 1 aliphatic rings. The molecule has 0 aromatic heterocycles. The summed E-state index contributed by atoms with van der Waals surface area (Å²) in [6, 6.07) is 7.19. The Morgan fingerprint density at radius 3 is 2.11 bits per heavy atom. The summed E-state index contributed by atoms with van der Waals surface area (Å²) in [5, 5.41) is 18.0. The van der Waals surface area contributed by atoms with E-state index in [9.17, 15) is 8.78 Å². The predicted molar refractivity (Wildman–Crippen MR) is 71.3 cm³/mol. The molecular formula is C14H17BF2O2. The van der Waals surface area contributed by atoms with Crippen LogP contribution in [-0.4, -0.2) is 17.2 Å². The Hall–Kier alpha value is -1.20. The van der Waals surface area contributed by atoms with Gasteiger partial charge in [-0.1, -0.05) is 24.3 Å². The first-order chi connectivity index (χ1) is 9.06. The van der Waals surface area contributed by atoms with Crippen LogP contribution in [0.3, 0.4) is 0 Å². The maximum absolute atomic E-state index is 12.2. The van der Waals surface area contributed by atoms with Crippen LogP contribution in [0, 0.1) is 5.92 Å². The standard InChI is InChI=1S/C14H17BF2O2/c16-14(17)9-10-1-3-11(4-2-10)12-5-7-13(8-6-12)15(18)19/h5-11,18-19H,1-4H2. The van der Waals surface area contributed by atoms with Gasteiger partial charge in [-0.15, -0.1) is 0 Å². The highest BCUT2D eigenvalue weighted by Crippen LogP contribution is 2.36. The van der Waals surface area contributed by atoms with Crippen molar-refractivity contribution in [3.8, 4) is 0 Å². The topological polar surface area (TPSA) is 40.5 Å². The van der Waals surface area contributed by atoms with Gasteiger partial charge in [0.2, 0.25) is 0 Å². The Bertz CT molecular complexity index is 433. The van der Waals surface area contributed by atoms with Crippen LogP contribution in [-0.2, 0) is 0 Å². The molecule has 0 atom stereocenters. The first kappa shape index (κ1) is 14.2. The number of rotatable bonds is 3. The summed E-state index contributed by atoms with van der Waals surface area (Å²) in [5.41, 5.74) is 1.62. The molecular weight excluding hydrogens is 249 g/mol. The fourth-order valence-electron chi connectivity index (χ4n) is 2.74. The molecule has 0 unspecified atom stereocenters. The third-order valence-electron chi connectivity index (χ3n) is 3.84. The van der Waals surface area contributed by atoms with Crippen LogP contribution in [0.4, 0.5) is 8.78 Å². The SMILES string of the molecule is OB(O)c1ccc(C2CCC(C=C(F)F)CC2)cc1. The molecule has 0 saturated heterocycles. The summed E-state index contributed by atoms with van der Waals surface area (Å²) in [4.78, 5) is 0. The molecule has 1 aromatic rings. The van der Waals surface area contributed by atoms with Crippen molar-refractivity contribution in [1.29, 1.82) is 0 Å². The molecule has 1 fully saturated rings. The molecule has 1 aromatic carbocycles. The average Bonchev–Trinajstić information content (AvgIpc) is 2.39. The molecule has 5 heteroatoms. The molecule has 0 spiro atoms. The van der Waals surface area contributed by atoms with Gasteiger partial charge in [-0.3, -0.25) is 0 Å². The van der Waals surface area contributed by atoms with Crippen molar-refractivity contribution in [2.45, 2.75) is 31.6 Å². The Labute approximate surface area is 111 Å². The molecule has 2 nitrogen and oxygen atoms in total. The van der Waals surface area contributed by atoms with E-state index >= 15 is 0 Å². The van der Waals surface area contributed by atoms with Gasteiger partial charge in [0.15, 0.2) is 0 Å². The van der Waals surface area contributed by atoms with E-state index in [2.05, 4.69) is 0 Å². The van der Waals surface area contributed by atoms with E-state index in [0.29, 0.717) is 11.4 Å². The fraction of sp³-hybridized carbons (Fsp3) is 0.429. The molecule has 102 valence electrons. The molecule has 0 bridgehead atoms. The van der Waals surface area contributed by atoms with E-state index in [-0.39, 0.29) is 5.92 Å². The van der Waals surface area contributed by atoms with E-state index < -0.39 is 13.2 Å². The molecule has 0 radical (unpaired) electrons. The van der Waals surface area contributed by atoms with Crippen molar-refractivity contribution < 1.29 is 18.8 Å². The normalized spacial score (nSPS) is 22.9. The number of benzene rings is 1. The fourth-order valence-corrected chi connectivity index (χ4v) is 2.74. The van der Waals surface area contributed by atoms with Crippen molar-refractivity contribution in [2.75, 3.05) is 0 Å². The number of allylic oxidation sites excluding steroid dienone is 1. The molecule has 2 N–H and O–H groups in total. The quantitative estimate of drug-likeness (QED) is 0.825. The summed E-state index contributed by atoms with van der Waals surface area (Å²) in [5.74, 6) is 0.386. The molecule has 1 saturated carbocycles. The average molecular weight is 266 g/mol. The van der Waals surface area contributed by atoms with Crippen LogP contribution < -0.4 is 5.46 Å². The summed E-state index contributed by atoms with van der Waals surface area (Å²) in [7, 11) is -1.44. The van der Waals surface area contributed by atoms with E-state index in [4.69, 9.17) is 10.0 Å². The van der Waals surface area contributed by atoms with E-state index in [1.54, 1.807) is 12.1 Å². The number of hydrogen-bond acceptors (Lipinski definition) is 2. The maximum Gasteiger partial charge on any atom is 0.488 e. The van der Waals surface area contributed by atoms with Crippen molar-refractivity contribution in [3.05, 3.63) is 42.0 Å². The van der Waals surface area contributed by atoms with E-state index in [0.717, 1.165) is 37.3 Å². The van der Waals surface area contributed by atoms with Gasteiger partial charge >= 0.3 is 7.12 Å². The Morgan fingerprint density at radius 2 is 1.63 bits per heavy atom. The van der Waals surface area contributed by atoms with Crippen LogP contribution in [0.15, 0.2) is 36.4 Å². The van der Waals surface area contributed by atoms with Crippen molar-refractivity contribution in [1.82, 2.24) is 0 Å². The van der Waals surface area contributed by atoms with Crippen LogP contribution in [0.1, 0.15) is 37.2 Å². The largest absolute Gasteiger partial charge is 0.488 e. The van der Waals surface area contributed by atoms with E-state index in [1.165, 1.54) is 0 Å². The predicted octanol–water partition coefficient (Wildman–Crippen LogP) is 2.42. The number of hydrogen-bond donors (Lipinski definition) is 2. The summed E-state index contributed by atoms with van der Waals surface area (Å²) in [6.45, 7) is 0. The van der Waals surface area contributed by atoms with Crippen LogP contribution in [0.2, 0.25) is 0 Å². The van der Waals surface area contributed by atoms with Gasteiger partial charge in [-0.2, -0.15) is 8.78 Å². The second-order valence-corrected chi connectivity index (χ2v) is 5.11. The van der Waals surface area contributed by atoms with Crippen molar-refractivity contribution in [3.63, 3.8) is 0 Å². The minimum absolute atomic E-state index is 0.000197. The lowest BCUT2D eigenvalue weighted by Crippen LogP contribution is -2.29. The van der Waals surface area contributed by atoms with Gasteiger partial charge in [0.05, 0.1) is 0 Å². The van der Waals surface area contributed by atoms with Gasteiger partial charge in [0.1, 0.15) is 0 Å². The zero-order chi connectivity index (χ0) is 13.8. The third-order valence-corrected chi connectivity index (χ3v) is 3.84.